The average Bonchev–Trinajstić information content (AvgIpc) is 2.68. The minimum atomic E-state index is -0.537. The van der Waals surface area contributed by atoms with Gasteiger partial charge < -0.3 is 20.3 Å². The van der Waals surface area contributed by atoms with Crippen LogP contribution in [0.5, 0.6) is 0 Å². The van der Waals surface area contributed by atoms with Gasteiger partial charge in [0.1, 0.15) is 5.15 Å². The Morgan fingerprint density at radius 2 is 2.10 bits per heavy atom. The highest BCUT2D eigenvalue weighted by molar-refractivity contribution is 6.41. The van der Waals surface area contributed by atoms with E-state index in [1.54, 1.807) is 17.7 Å². The Balaban J connectivity index is 2.38. The number of hydrogen-bond donors (Lipinski definition) is 3. The molecule has 2 amide bonds. The molecule has 0 bridgehead atoms. The monoisotopic (exact) mass is 321 g/mol. The SMILES string of the molecule is CCC(C)C(O)CNC(=O)NCc1cc(Cl)c(Cl)n1C. The van der Waals surface area contributed by atoms with E-state index in [9.17, 15) is 9.90 Å². The fourth-order valence-corrected chi connectivity index (χ4v) is 2.08. The van der Waals surface area contributed by atoms with Crippen molar-refractivity contribution in [1.82, 2.24) is 15.2 Å². The second kappa shape index (κ2) is 7.76. The lowest BCUT2D eigenvalue weighted by molar-refractivity contribution is 0.114. The highest BCUT2D eigenvalue weighted by Crippen LogP contribution is 2.24. The molecule has 0 spiro atoms. The smallest absolute Gasteiger partial charge is 0.315 e. The summed E-state index contributed by atoms with van der Waals surface area (Å²) in [6, 6.07) is 1.37. The van der Waals surface area contributed by atoms with Crippen molar-refractivity contribution in [3.05, 3.63) is 21.9 Å². The molecule has 0 aliphatic carbocycles. The fraction of sp³-hybridized carbons (Fsp3) is 0.615. The van der Waals surface area contributed by atoms with Gasteiger partial charge >= 0.3 is 6.03 Å². The predicted octanol–water partition coefficient (Wildman–Crippen LogP) is 2.54. The summed E-state index contributed by atoms with van der Waals surface area (Å²) >= 11 is 11.8. The van der Waals surface area contributed by atoms with Gasteiger partial charge in [-0.25, -0.2) is 4.79 Å². The van der Waals surface area contributed by atoms with Crippen molar-refractivity contribution in [3.63, 3.8) is 0 Å². The number of urea groups is 1. The Labute approximate surface area is 129 Å². The number of hydrogen-bond acceptors (Lipinski definition) is 2. The molecular weight excluding hydrogens is 301 g/mol. The van der Waals surface area contributed by atoms with E-state index in [0.29, 0.717) is 16.7 Å². The zero-order chi connectivity index (χ0) is 15.3. The quantitative estimate of drug-likeness (QED) is 0.753. The van der Waals surface area contributed by atoms with E-state index in [1.165, 1.54) is 0 Å². The molecule has 1 aromatic rings. The van der Waals surface area contributed by atoms with E-state index in [2.05, 4.69) is 10.6 Å². The van der Waals surface area contributed by atoms with Crippen LogP contribution in [0.25, 0.3) is 0 Å². The van der Waals surface area contributed by atoms with Crippen molar-refractivity contribution in [1.29, 1.82) is 0 Å². The first-order valence-electron chi connectivity index (χ1n) is 6.56. The molecule has 2 atom stereocenters. The first-order chi connectivity index (χ1) is 9.36. The molecule has 0 aliphatic rings. The Hall–Kier alpha value is -0.910. The van der Waals surface area contributed by atoms with Gasteiger partial charge in [0.05, 0.1) is 17.7 Å². The minimum Gasteiger partial charge on any atom is -0.391 e. The summed E-state index contributed by atoms with van der Waals surface area (Å²) in [4.78, 5) is 11.6. The van der Waals surface area contributed by atoms with Crippen molar-refractivity contribution < 1.29 is 9.90 Å². The normalized spacial score (nSPS) is 13.9. The van der Waals surface area contributed by atoms with E-state index < -0.39 is 6.10 Å². The maximum atomic E-state index is 11.6. The molecular formula is C13H21Cl2N3O2. The third-order valence-corrected chi connectivity index (χ3v) is 4.26. The van der Waals surface area contributed by atoms with Crippen LogP contribution in [0.15, 0.2) is 6.07 Å². The topological polar surface area (TPSA) is 66.3 Å². The molecule has 0 radical (unpaired) electrons. The van der Waals surface area contributed by atoms with Gasteiger partial charge in [-0.2, -0.15) is 0 Å². The first-order valence-corrected chi connectivity index (χ1v) is 7.31. The van der Waals surface area contributed by atoms with E-state index >= 15 is 0 Å². The largest absolute Gasteiger partial charge is 0.391 e. The molecule has 0 aliphatic heterocycles. The van der Waals surface area contributed by atoms with Gasteiger partial charge in [-0.1, -0.05) is 43.5 Å². The first kappa shape index (κ1) is 17.1. The van der Waals surface area contributed by atoms with Crippen LogP contribution >= 0.6 is 23.2 Å². The van der Waals surface area contributed by atoms with Crippen molar-refractivity contribution >= 4 is 29.2 Å². The molecule has 3 N–H and O–H groups in total. The van der Waals surface area contributed by atoms with Crippen LogP contribution < -0.4 is 10.6 Å². The summed E-state index contributed by atoms with van der Waals surface area (Å²) in [6.07, 6.45) is 0.329. The number of nitrogens with one attached hydrogen (secondary N) is 2. The molecule has 7 heteroatoms. The molecule has 1 rings (SSSR count). The van der Waals surface area contributed by atoms with E-state index in [4.69, 9.17) is 23.2 Å². The van der Waals surface area contributed by atoms with Crippen LogP contribution in [-0.2, 0) is 13.6 Å². The van der Waals surface area contributed by atoms with Gasteiger partial charge in [0.25, 0.3) is 0 Å². The minimum absolute atomic E-state index is 0.154. The average molecular weight is 322 g/mol. The highest BCUT2D eigenvalue weighted by Gasteiger charge is 2.14. The van der Waals surface area contributed by atoms with Crippen molar-refractivity contribution in [2.75, 3.05) is 6.54 Å². The van der Waals surface area contributed by atoms with Gasteiger partial charge in [0.2, 0.25) is 0 Å². The zero-order valence-electron chi connectivity index (χ0n) is 11.9. The zero-order valence-corrected chi connectivity index (χ0v) is 13.4. The lowest BCUT2D eigenvalue weighted by atomic mass is 10.0. The molecule has 0 saturated heterocycles. The van der Waals surface area contributed by atoms with Gasteiger partial charge in [-0.05, 0) is 12.0 Å². The summed E-state index contributed by atoms with van der Waals surface area (Å²) < 4.78 is 1.71. The maximum Gasteiger partial charge on any atom is 0.315 e. The van der Waals surface area contributed by atoms with Crippen LogP contribution in [0.4, 0.5) is 4.79 Å². The lowest BCUT2D eigenvalue weighted by Gasteiger charge is -2.17. The Morgan fingerprint density at radius 3 is 2.60 bits per heavy atom. The lowest BCUT2D eigenvalue weighted by Crippen LogP contribution is -2.41. The summed E-state index contributed by atoms with van der Waals surface area (Å²) in [7, 11) is 1.77. The van der Waals surface area contributed by atoms with Crippen LogP contribution in [-0.4, -0.2) is 28.4 Å². The van der Waals surface area contributed by atoms with Crippen LogP contribution in [0.2, 0.25) is 10.2 Å². The predicted molar refractivity (Wildman–Crippen MR) is 81.1 cm³/mol. The van der Waals surface area contributed by atoms with Crippen LogP contribution in [0.1, 0.15) is 26.0 Å². The van der Waals surface area contributed by atoms with E-state index in [-0.39, 0.29) is 18.5 Å². The van der Waals surface area contributed by atoms with Gasteiger partial charge in [0, 0.05) is 19.3 Å². The van der Waals surface area contributed by atoms with E-state index in [0.717, 1.165) is 12.1 Å². The second-order valence-electron chi connectivity index (χ2n) is 4.85. The molecule has 20 heavy (non-hydrogen) atoms. The second-order valence-corrected chi connectivity index (χ2v) is 5.62. The Kier molecular flexibility index (Phi) is 6.65. The standard InChI is InChI=1S/C13H21Cl2N3O2/c1-4-8(2)11(19)7-17-13(20)16-6-9-5-10(14)12(15)18(9)3/h5,8,11,19H,4,6-7H2,1-3H3,(H2,16,17,20). The van der Waals surface area contributed by atoms with Crippen LogP contribution in [0, 0.1) is 5.92 Å². The summed E-state index contributed by atoms with van der Waals surface area (Å²) in [5.41, 5.74) is 0.803. The molecule has 0 aromatic carbocycles. The molecule has 5 nitrogen and oxygen atoms in total. The van der Waals surface area contributed by atoms with Crippen molar-refractivity contribution in [2.24, 2.45) is 13.0 Å². The number of aliphatic hydroxyl groups is 1. The van der Waals surface area contributed by atoms with Gasteiger partial charge in [-0.3, -0.25) is 0 Å². The summed E-state index contributed by atoms with van der Waals surface area (Å²) in [6.45, 7) is 4.48. The number of halogens is 2. The fourth-order valence-electron chi connectivity index (χ4n) is 1.66. The molecule has 1 aromatic heterocycles. The third-order valence-electron chi connectivity index (χ3n) is 3.42. The Bertz CT molecular complexity index is 463. The molecule has 0 saturated carbocycles. The number of carbonyl (C=O) groups is 1. The number of rotatable bonds is 6. The molecule has 1 heterocycles. The van der Waals surface area contributed by atoms with Gasteiger partial charge in [-0.15, -0.1) is 0 Å². The maximum absolute atomic E-state index is 11.6. The van der Waals surface area contributed by atoms with E-state index in [1.807, 2.05) is 13.8 Å². The number of nitrogens with zero attached hydrogens (tertiary/aromatic N) is 1. The summed E-state index contributed by atoms with van der Waals surface area (Å²) in [5, 5.41) is 16.0. The number of aliphatic hydroxyl groups excluding tert-OH is 1. The third kappa shape index (κ3) is 4.58. The van der Waals surface area contributed by atoms with Gasteiger partial charge in [0.15, 0.2) is 0 Å². The van der Waals surface area contributed by atoms with Crippen molar-refractivity contribution in [2.45, 2.75) is 32.9 Å². The summed E-state index contributed by atoms with van der Waals surface area (Å²) in [5.74, 6) is 0.154. The van der Waals surface area contributed by atoms with Crippen molar-refractivity contribution in [3.8, 4) is 0 Å². The van der Waals surface area contributed by atoms with Crippen LogP contribution in [0.3, 0.4) is 0 Å². The number of amides is 2. The number of aromatic nitrogens is 1. The highest BCUT2D eigenvalue weighted by atomic mass is 35.5. The Morgan fingerprint density at radius 1 is 1.45 bits per heavy atom. The number of carbonyl (C=O) groups excluding carboxylic acids is 1. The molecule has 114 valence electrons. The molecule has 0 fully saturated rings. The molecule has 2 unspecified atom stereocenters.